The van der Waals surface area contributed by atoms with Gasteiger partial charge in [-0.25, -0.2) is 5.48 Å². The number of rotatable bonds is 1. The average molecular weight is 190 g/mol. The highest BCUT2D eigenvalue weighted by atomic mass is 16.7. The van der Waals surface area contributed by atoms with E-state index in [4.69, 9.17) is 4.84 Å². The fraction of sp³-hybridized carbons (Fsp3) is 0.100. The van der Waals surface area contributed by atoms with Gasteiger partial charge >= 0.3 is 0 Å². The van der Waals surface area contributed by atoms with Crippen molar-refractivity contribution in [2.45, 2.75) is 6.92 Å². The molecule has 1 aromatic rings. The Bertz CT molecular complexity index is 413. The summed E-state index contributed by atoms with van der Waals surface area (Å²) in [6, 6.07) is 5.41. The fourth-order valence-corrected chi connectivity index (χ4v) is 1.31. The van der Waals surface area contributed by atoms with Crippen LogP contribution in [-0.4, -0.2) is 5.91 Å². The lowest BCUT2D eigenvalue weighted by Crippen LogP contribution is -2.07. The van der Waals surface area contributed by atoms with Gasteiger partial charge in [0.2, 0.25) is 5.91 Å². The van der Waals surface area contributed by atoms with Crippen molar-refractivity contribution in [2.24, 2.45) is 0 Å². The predicted octanol–water partition coefficient (Wildman–Crippen LogP) is 1.51. The lowest BCUT2D eigenvalue weighted by Gasteiger charge is -2.02. The maximum Gasteiger partial charge on any atom is 0.221 e. The zero-order valence-electron chi connectivity index (χ0n) is 7.76. The summed E-state index contributed by atoms with van der Waals surface area (Å²) in [7, 11) is 0. The molecular weight excluding hydrogens is 180 g/mol. The van der Waals surface area contributed by atoms with E-state index in [1.807, 2.05) is 12.1 Å². The summed E-state index contributed by atoms with van der Waals surface area (Å²) in [6.45, 7) is 5.23. The minimum absolute atomic E-state index is 0.102. The second kappa shape index (κ2) is 3.06. The first-order chi connectivity index (χ1) is 6.66. The second-order valence-corrected chi connectivity index (χ2v) is 3.07. The highest BCUT2D eigenvalue weighted by molar-refractivity contribution is 5.89. The Balaban J connectivity index is 2.32. The molecule has 0 fully saturated rings. The van der Waals surface area contributed by atoms with E-state index in [-0.39, 0.29) is 5.91 Å². The molecule has 0 atom stereocenters. The molecule has 2 rings (SSSR count). The summed E-state index contributed by atoms with van der Waals surface area (Å²) in [5.74, 6) is 0.580. The molecule has 4 heteroatoms. The molecule has 1 aliphatic rings. The third-order valence-corrected chi connectivity index (χ3v) is 1.91. The van der Waals surface area contributed by atoms with E-state index in [9.17, 15) is 4.79 Å². The van der Waals surface area contributed by atoms with E-state index in [1.54, 1.807) is 6.07 Å². The van der Waals surface area contributed by atoms with Crippen LogP contribution in [0.4, 0.5) is 5.69 Å². The number of anilines is 1. The maximum atomic E-state index is 10.8. The van der Waals surface area contributed by atoms with Crippen LogP contribution in [0.25, 0.3) is 5.70 Å². The number of fused-ring (bicyclic) bond motifs is 1. The monoisotopic (exact) mass is 190 g/mol. The second-order valence-electron chi connectivity index (χ2n) is 3.07. The van der Waals surface area contributed by atoms with Gasteiger partial charge in [-0.3, -0.25) is 4.79 Å². The molecule has 14 heavy (non-hydrogen) atoms. The van der Waals surface area contributed by atoms with Gasteiger partial charge in [-0.15, -0.1) is 0 Å². The molecule has 1 aromatic carbocycles. The minimum atomic E-state index is -0.102. The molecule has 4 nitrogen and oxygen atoms in total. The van der Waals surface area contributed by atoms with Crippen molar-refractivity contribution >= 4 is 17.3 Å². The maximum absolute atomic E-state index is 10.8. The van der Waals surface area contributed by atoms with Crippen LogP contribution in [0.1, 0.15) is 12.5 Å². The van der Waals surface area contributed by atoms with Crippen LogP contribution in [0.5, 0.6) is 5.75 Å². The van der Waals surface area contributed by atoms with Crippen LogP contribution >= 0.6 is 0 Å². The van der Waals surface area contributed by atoms with Crippen molar-refractivity contribution in [1.82, 2.24) is 5.48 Å². The Morgan fingerprint density at radius 1 is 1.57 bits per heavy atom. The number of benzene rings is 1. The molecule has 0 aromatic heterocycles. The standard InChI is InChI=1S/C10H10N2O2/c1-6-9-4-3-8(11-7(2)13)5-10(9)14-12-6/h3-5,12H,1H2,2H3,(H,11,13). The molecule has 0 saturated heterocycles. The lowest BCUT2D eigenvalue weighted by molar-refractivity contribution is -0.114. The van der Waals surface area contributed by atoms with Crippen molar-refractivity contribution in [2.75, 3.05) is 5.32 Å². The van der Waals surface area contributed by atoms with Gasteiger partial charge in [0.25, 0.3) is 0 Å². The van der Waals surface area contributed by atoms with E-state index in [0.29, 0.717) is 11.4 Å². The smallest absolute Gasteiger partial charge is 0.221 e. The van der Waals surface area contributed by atoms with Crippen molar-refractivity contribution in [1.29, 1.82) is 0 Å². The summed E-state index contributed by atoms with van der Waals surface area (Å²) in [4.78, 5) is 15.9. The zero-order valence-corrected chi connectivity index (χ0v) is 7.76. The van der Waals surface area contributed by atoms with Gasteiger partial charge in [-0.05, 0) is 12.1 Å². The number of carbonyl (C=O) groups excluding carboxylic acids is 1. The third kappa shape index (κ3) is 1.42. The molecule has 2 N–H and O–H groups in total. The van der Waals surface area contributed by atoms with Gasteiger partial charge in [-0.1, -0.05) is 6.58 Å². The average Bonchev–Trinajstić information content (AvgIpc) is 2.46. The normalized spacial score (nSPS) is 12.8. The number of carbonyl (C=O) groups is 1. The molecule has 1 heterocycles. The molecule has 72 valence electrons. The van der Waals surface area contributed by atoms with Gasteiger partial charge in [0.15, 0.2) is 5.75 Å². The largest absolute Gasteiger partial charge is 0.381 e. The SMILES string of the molecule is C=C1NOc2cc(NC(C)=O)ccc21. The Morgan fingerprint density at radius 2 is 2.36 bits per heavy atom. The molecule has 0 bridgehead atoms. The molecule has 0 spiro atoms. The highest BCUT2D eigenvalue weighted by Gasteiger charge is 2.15. The molecular formula is C10H10N2O2. The number of hydrogen-bond donors (Lipinski definition) is 2. The Morgan fingerprint density at radius 3 is 3.07 bits per heavy atom. The summed E-state index contributed by atoms with van der Waals surface area (Å²) >= 11 is 0. The number of hydrogen-bond acceptors (Lipinski definition) is 3. The van der Waals surface area contributed by atoms with Gasteiger partial charge < -0.3 is 10.2 Å². The third-order valence-electron chi connectivity index (χ3n) is 1.91. The highest BCUT2D eigenvalue weighted by Crippen LogP contribution is 2.31. The van der Waals surface area contributed by atoms with Crippen molar-refractivity contribution < 1.29 is 9.63 Å². The van der Waals surface area contributed by atoms with Crippen molar-refractivity contribution in [3.8, 4) is 5.75 Å². The Kier molecular flexibility index (Phi) is 1.89. The summed E-state index contributed by atoms with van der Waals surface area (Å²) in [5.41, 5.74) is 5.02. The quantitative estimate of drug-likeness (QED) is 0.705. The minimum Gasteiger partial charge on any atom is -0.381 e. The topological polar surface area (TPSA) is 50.4 Å². The first-order valence-electron chi connectivity index (χ1n) is 4.20. The summed E-state index contributed by atoms with van der Waals surface area (Å²) < 4.78 is 0. The van der Waals surface area contributed by atoms with E-state index < -0.39 is 0 Å². The van der Waals surface area contributed by atoms with Crippen LogP contribution in [0.15, 0.2) is 24.8 Å². The molecule has 0 unspecified atom stereocenters. The summed E-state index contributed by atoms with van der Waals surface area (Å²) in [6.07, 6.45) is 0. The van der Waals surface area contributed by atoms with Gasteiger partial charge in [-0.2, -0.15) is 0 Å². The van der Waals surface area contributed by atoms with Crippen molar-refractivity contribution in [3.63, 3.8) is 0 Å². The Labute approximate surface area is 81.5 Å². The van der Waals surface area contributed by atoms with Crippen LogP contribution < -0.4 is 15.6 Å². The van der Waals surface area contributed by atoms with Gasteiger partial charge in [0.1, 0.15) is 0 Å². The first kappa shape index (κ1) is 8.62. The zero-order chi connectivity index (χ0) is 10.1. The lowest BCUT2D eigenvalue weighted by atomic mass is 10.1. The predicted molar refractivity (Wildman–Crippen MR) is 53.5 cm³/mol. The molecule has 1 amide bonds. The summed E-state index contributed by atoms with van der Waals surface area (Å²) in [5, 5.41) is 2.67. The number of amides is 1. The van der Waals surface area contributed by atoms with Crippen LogP contribution in [0, 0.1) is 0 Å². The Hall–Kier alpha value is -1.97. The van der Waals surface area contributed by atoms with Gasteiger partial charge in [0, 0.05) is 24.2 Å². The van der Waals surface area contributed by atoms with E-state index in [0.717, 1.165) is 11.3 Å². The molecule has 0 saturated carbocycles. The van der Waals surface area contributed by atoms with Crippen LogP contribution in [0.2, 0.25) is 0 Å². The molecule has 0 aliphatic carbocycles. The van der Waals surface area contributed by atoms with Crippen molar-refractivity contribution in [3.05, 3.63) is 30.3 Å². The van der Waals surface area contributed by atoms with Crippen LogP contribution in [0.3, 0.4) is 0 Å². The van der Waals surface area contributed by atoms with Crippen LogP contribution in [-0.2, 0) is 4.79 Å². The van der Waals surface area contributed by atoms with Gasteiger partial charge in [0.05, 0.1) is 5.70 Å². The van der Waals surface area contributed by atoms with E-state index in [2.05, 4.69) is 17.4 Å². The molecule has 1 aliphatic heterocycles. The number of nitrogens with one attached hydrogen (secondary N) is 2. The molecule has 0 radical (unpaired) electrons. The van der Waals surface area contributed by atoms with E-state index >= 15 is 0 Å². The van der Waals surface area contributed by atoms with E-state index in [1.165, 1.54) is 6.92 Å². The first-order valence-corrected chi connectivity index (χ1v) is 4.20. The fourth-order valence-electron chi connectivity index (χ4n) is 1.31. The number of hydroxylamine groups is 1.